The van der Waals surface area contributed by atoms with Crippen LogP contribution in [-0.2, 0) is 16.6 Å². The van der Waals surface area contributed by atoms with E-state index in [0.717, 1.165) is 0 Å². The molecule has 0 aliphatic carbocycles. The Kier molecular flexibility index (Phi) is 5.02. The number of aromatic nitrogens is 2. The number of benzene rings is 1. The molecule has 1 aromatic heterocycles. The Labute approximate surface area is 134 Å². The predicted octanol–water partition coefficient (Wildman–Crippen LogP) is 0.358. The number of nitrogens with two attached hydrogens (primary N) is 1. The van der Waals surface area contributed by atoms with Crippen LogP contribution >= 0.6 is 0 Å². The summed E-state index contributed by atoms with van der Waals surface area (Å²) in [6, 6.07) is 5.31. The first-order valence-electron chi connectivity index (χ1n) is 6.81. The zero-order valence-corrected chi connectivity index (χ0v) is 13.6. The zero-order chi connectivity index (χ0) is 17.0. The maximum Gasteiger partial charge on any atom is 0.252 e. The molecule has 0 spiro atoms. The maximum atomic E-state index is 12.4. The van der Waals surface area contributed by atoms with Gasteiger partial charge in [0.05, 0.1) is 24.1 Å². The van der Waals surface area contributed by atoms with Gasteiger partial charge < -0.3 is 10.5 Å². The van der Waals surface area contributed by atoms with E-state index in [1.807, 2.05) is 0 Å². The molecule has 0 bridgehead atoms. The molecule has 23 heavy (non-hydrogen) atoms. The van der Waals surface area contributed by atoms with Gasteiger partial charge in [0.1, 0.15) is 5.75 Å². The standard InChI is InChI=1S/C14H18N4O4S/c1-10(9-18-7-3-6-16-18)17-23(20,21)11-4-5-13(22-2)12(8-11)14(15)19/h3-8,10,17H,9H2,1-2H3,(H2,15,19)/t10-/m1/s1. The average molecular weight is 338 g/mol. The van der Waals surface area contributed by atoms with Crippen LogP contribution in [0.2, 0.25) is 0 Å². The number of amides is 1. The van der Waals surface area contributed by atoms with Crippen molar-refractivity contribution >= 4 is 15.9 Å². The van der Waals surface area contributed by atoms with Gasteiger partial charge in [-0.1, -0.05) is 0 Å². The lowest BCUT2D eigenvalue weighted by Gasteiger charge is -2.15. The van der Waals surface area contributed by atoms with Gasteiger partial charge in [0.2, 0.25) is 10.0 Å². The number of rotatable bonds is 7. The third-order valence-corrected chi connectivity index (χ3v) is 4.71. The van der Waals surface area contributed by atoms with Crippen LogP contribution in [0, 0.1) is 0 Å². The second-order valence-corrected chi connectivity index (χ2v) is 6.69. The molecule has 0 radical (unpaired) electrons. The van der Waals surface area contributed by atoms with Gasteiger partial charge in [-0.25, -0.2) is 13.1 Å². The van der Waals surface area contributed by atoms with Gasteiger partial charge in [-0.15, -0.1) is 0 Å². The fourth-order valence-electron chi connectivity index (χ4n) is 2.11. The Morgan fingerprint density at radius 3 is 2.78 bits per heavy atom. The normalized spacial score (nSPS) is 12.8. The van der Waals surface area contributed by atoms with Crippen LogP contribution in [0.4, 0.5) is 0 Å². The van der Waals surface area contributed by atoms with Crippen LogP contribution in [0.1, 0.15) is 17.3 Å². The summed E-state index contributed by atoms with van der Waals surface area (Å²) < 4.78 is 34.0. The number of nitrogens with zero attached hydrogens (tertiary/aromatic N) is 2. The summed E-state index contributed by atoms with van der Waals surface area (Å²) in [6.45, 7) is 2.10. The lowest BCUT2D eigenvalue weighted by Crippen LogP contribution is -2.35. The zero-order valence-electron chi connectivity index (χ0n) is 12.8. The highest BCUT2D eigenvalue weighted by Gasteiger charge is 2.20. The minimum absolute atomic E-state index is 0.00936. The van der Waals surface area contributed by atoms with Gasteiger partial charge in [0, 0.05) is 18.4 Å². The number of primary amides is 1. The number of nitrogens with one attached hydrogen (secondary N) is 1. The number of methoxy groups -OCH3 is 1. The van der Waals surface area contributed by atoms with Gasteiger partial charge in [0.15, 0.2) is 0 Å². The molecular formula is C14H18N4O4S. The van der Waals surface area contributed by atoms with Crippen LogP contribution in [-0.4, -0.2) is 37.3 Å². The molecule has 2 rings (SSSR count). The first-order chi connectivity index (χ1) is 10.8. The minimum Gasteiger partial charge on any atom is -0.496 e. The van der Waals surface area contributed by atoms with Gasteiger partial charge >= 0.3 is 0 Å². The lowest BCUT2D eigenvalue weighted by molar-refractivity contribution is 0.0997. The fourth-order valence-corrected chi connectivity index (χ4v) is 3.37. The summed E-state index contributed by atoms with van der Waals surface area (Å²) in [5.74, 6) is -0.537. The Balaban J connectivity index is 2.22. The third kappa shape index (κ3) is 4.08. The second-order valence-electron chi connectivity index (χ2n) is 4.98. The van der Waals surface area contributed by atoms with Gasteiger partial charge in [0.25, 0.3) is 5.91 Å². The molecule has 1 aromatic carbocycles. The SMILES string of the molecule is COc1ccc(S(=O)(=O)N[C@H](C)Cn2cccn2)cc1C(N)=O. The van der Waals surface area contributed by atoms with Crippen molar-refractivity contribution in [3.8, 4) is 5.75 Å². The van der Waals surface area contributed by atoms with Crippen molar-refractivity contribution in [2.45, 2.75) is 24.4 Å². The molecule has 0 saturated carbocycles. The summed E-state index contributed by atoms with van der Waals surface area (Å²) in [5, 5.41) is 4.02. The van der Waals surface area contributed by atoms with Crippen molar-refractivity contribution < 1.29 is 17.9 Å². The van der Waals surface area contributed by atoms with Crippen LogP contribution in [0.5, 0.6) is 5.75 Å². The van der Waals surface area contributed by atoms with Gasteiger partial charge in [-0.3, -0.25) is 9.48 Å². The highest BCUT2D eigenvalue weighted by atomic mass is 32.2. The van der Waals surface area contributed by atoms with E-state index < -0.39 is 15.9 Å². The molecular weight excluding hydrogens is 320 g/mol. The summed E-state index contributed by atoms with van der Waals surface area (Å²) in [6.07, 6.45) is 3.35. The van der Waals surface area contributed by atoms with E-state index in [0.29, 0.717) is 6.54 Å². The Morgan fingerprint density at radius 2 is 2.22 bits per heavy atom. The second kappa shape index (κ2) is 6.80. The molecule has 1 heterocycles. The number of ether oxygens (including phenoxy) is 1. The summed E-state index contributed by atoms with van der Waals surface area (Å²) in [5.41, 5.74) is 5.26. The monoisotopic (exact) mass is 338 g/mol. The van der Waals surface area contributed by atoms with Crippen LogP contribution < -0.4 is 15.2 Å². The van der Waals surface area contributed by atoms with Gasteiger partial charge in [-0.05, 0) is 31.2 Å². The highest BCUT2D eigenvalue weighted by molar-refractivity contribution is 7.89. The predicted molar refractivity (Wildman–Crippen MR) is 83.5 cm³/mol. The molecule has 8 nitrogen and oxygen atoms in total. The first-order valence-corrected chi connectivity index (χ1v) is 8.29. The molecule has 0 aliphatic rings. The Bertz CT molecular complexity index is 787. The molecule has 0 aliphatic heterocycles. The van der Waals surface area contributed by atoms with Crippen molar-refractivity contribution in [3.05, 3.63) is 42.2 Å². The first kappa shape index (κ1) is 17.0. The molecule has 0 unspecified atom stereocenters. The van der Waals surface area contributed by atoms with Crippen molar-refractivity contribution in [3.63, 3.8) is 0 Å². The molecule has 2 aromatic rings. The van der Waals surface area contributed by atoms with E-state index >= 15 is 0 Å². The molecule has 3 N–H and O–H groups in total. The quantitative estimate of drug-likeness (QED) is 0.756. The van der Waals surface area contributed by atoms with E-state index in [1.165, 1.54) is 25.3 Å². The van der Waals surface area contributed by atoms with Crippen LogP contribution in [0.15, 0.2) is 41.6 Å². The minimum atomic E-state index is -3.80. The average Bonchev–Trinajstić information content (AvgIpc) is 2.98. The van der Waals surface area contributed by atoms with E-state index in [-0.39, 0.29) is 22.3 Å². The van der Waals surface area contributed by atoms with E-state index in [4.69, 9.17) is 10.5 Å². The largest absolute Gasteiger partial charge is 0.496 e. The molecule has 9 heteroatoms. The summed E-state index contributed by atoms with van der Waals surface area (Å²) in [4.78, 5) is 11.4. The van der Waals surface area contributed by atoms with Crippen LogP contribution in [0.3, 0.4) is 0 Å². The van der Waals surface area contributed by atoms with E-state index in [1.54, 1.807) is 30.1 Å². The highest BCUT2D eigenvalue weighted by Crippen LogP contribution is 2.22. The number of carbonyl (C=O) groups is 1. The van der Waals surface area contributed by atoms with E-state index in [9.17, 15) is 13.2 Å². The molecule has 1 atom stereocenters. The molecule has 124 valence electrons. The molecule has 0 saturated heterocycles. The number of sulfonamides is 1. The Morgan fingerprint density at radius 1 is 1.48 bits per heavy atom. The van der Waals surface area contributed by atoms with Crippen molar-refractivity contribution in [2.24, 2.45) is 5.73 Å². The lowest BCUT2D eigenvalue weighted by atomic mass is 10.2. The van der Waals surface area contributed by atoms with Crippen molar-refractivity contribution in [1.29, 1.82) is 0 Å². The molecule has 0 fully saturated rings. The maximum absolute atomic E-state index is 12.4. The smallest absolute Gasteiger partial charge is 0.252 e. The van der Waals surface area contributed by atoms with Crippen molar-refractivity contribution in [1.82, 2.24) is 14.5 Å². The summed E-state index contributed by atoms with van der Waals surface area (Å²) >= 11 is 0. The third-order valence-electron chi connectivity index (χ3n) is 3.12. The fraction of sp³-hybridized carbons (Fsp3) is 0.286. The number of hydrogen-bond acceptors (Lipinski definition) is 5. The summed E-state index contributed by atoms with van der Waals surface area (Å²) in [7, 11) is -2.42. The number of carbonyl (C=O) groups excluding carboxylic acids is 1. The van der Waals surface area contributed by atoms with Gasteiger partial charge in [-0.2, -0.15) is 5.10 Å². The van der Waals surface area contributed by atoms with Crippen molar-refractivity contribution in [2.75, 3.05) is 7.11 Å². The van der Waals surface area contributed by atoms with Crippen LogP contribution in [0.25, 0.3) is 0 Å². The topological polar surface area (TPSA) is 116 Å². The molecule has 1 amide bonds. The Hall–Kier alpha value is -2.39. The van der Waals surface area contributed by atoms with E-state index in [2.05, 4.69) is 9.82 Å². The number of hydrogen-bond donors (Lipinski definition) is 2.